The molecule has 2 aromatic heterocycles. The van der Waals surface area contributed by atoms with Gasteiger partial charge in [-0.1, -0.05) is 32.5 Å². The zero-order chi connectivity index (χ0) is 31.3. The van der Waals surface area contributed by atoms with E-state index in [-0.39, 0.29) is 12.1 Å². The number of aromatic hydroxyl groups is 1. The molecule has 1 amide bonds. The summed E-state index contributed by atoms with van der Waals surface area (Å²) in [5, 5.41) is 10.8. The van der Waals surface area contributed by atoms with E-state index in [4.69, 9.17) is 14.5 Å². The van der Waals surface area contributed by atoms with E-state index in [1.54, 1.807) is 11.3 Å². The van der Waals surface area contributed by atoms with Gasteiger partial charge in [0.2, 0.25) is 0 Å². The second-order valence-electron chi connectivity index (χ2n) is 15.4. The van der Waals surface area contributed by atoms with Gasteiger partial charge in [-0.15, -0.1) is 11.3 Å². The van der Waals surface area contributed by atoms with Gasteiger partial charge in [-0.3, -0.25) is 4.90 Å². The first-order chi connectivity index (χ1) is 20.8. The predicted molar refractivity (Wildman–Crippen MR) is 180 cm³/mol. The monoisotopic (exact) mass is 635 g/mol. The zero-order valence-corrected chi connectivity index (χ0v) is 29.2. The average Bonchev–Trinajstić information content (AvgIpc) is 3.76. The molecule has 9 heteroatoms. The third kappa shape index (κ3) is 6.51. The minimum absolute atomic E-state index is 0.151. The summed E-state index contributed by atoms with van der Waals surface area (Å²) in [5.41, 5.74) is 4.54. The number of likely N-dealkylation sites (tertiary alicyclic amines) is 1. The normalized spacial score (nSPS) is 19.7. The van der Waals surface area contributed by atoms with Crippen LogP contribution in [0.25, 0.3) is 21.0 Å². The van der Waals surface area contributed by atoms with Crippen LogP contribution in [0.4, 0.5) is 4.79 Å². The maximum atomic E-state index is 13.2. The van der Waals surface area contributed by atoms with Gasteiger partial charge in [0.1, 0.15) is 23.9 Å². The Morgan fingerprint density at radius 2 is 1.80 bits per heavy atom. The Kier molecular flexibility index (Phi) is 8.52. The molecule has 3 heterocycles. The van der Waals surface area contributed by atoms with E-state index in [1.165, 1.54) is 41.7 Å². The van der Waals surface area contributed by atoms with Gasteiger partial charge < -0.3 is 19.1 Å². The van der Waals surface area contributed by atoms with Crippen molar-refractivity contribution in [1.29, 1.82) is 0 Å². The lowest BCUT2D eigenvalue weighted by Crippen LogP contribution is -2.37. The minimum Gasteiger partial charge on any atom is -0.508 e. The van der Waals surface area contributed by atoms with E-state index >= 15 is 0 Å². The van der Waals surface area contributed by atoms with Crippen LogP contribution in [-0.2, 0) is 29.0 Å². The fourth-order valence-corrected chi connectivity index (χ4v) is 9.15. The number of fused-ring (bicyclic) bond motifs is 1. The maximum Gasteiger partial charge on any atom is 0.410 e. The SMILES string of the molecule is CC(C)(C)OC(=O)N1CCC[C@H]1c1ncc(-c2ccc(-c3ccc(O)c4c3CC3(CCCC3)C4)s2)n1COCC[Si](C)(C)C. The van der Waals surface area contributed by atoms with Crippen molar-refractivity contribution in [3.05, 3.63) is 47.4 Å². The van der Waals surface area contributed by atoms with Crippen LogP contribution in [0.2, 0.25) is 25.7 Å². The van der Waals surface area contributed by atoms with E-state index < -0.39 is 13.7 Å². The molecule has 0 unspecified atom stereocenters. The number of thiophene rings is 1. The summed E-state index contributed by atoms with van der Waals surface area (Å²) >= 11 is 1.77. The molecule has 1 spiro atoms. The van der Waals surface area contributed by atoms with Gasteiger partial charge in [-0.2, -0.15) is 0 Å². The number of carbonyl (C=O) groups excluding carboxylic acids is 1. The van der Waals surface area contributed by atoms with Crippen LogP contribution >= 0.6 is 11.3 Å². The van der Waals surface area contributed by atoms with Crippen LogP contribution in [0.5, 0.6) is 5.75 Å². The molecule has 2 aliphatic carbocycles. The van der Waals surface area contributed by atoms with Gasteiger partial charge in [-0.05, 0) is 112 Å². The van der Waals surface area contributed by atoms with Crippen LogP contribution in [-0.4, -0.2) is 52.5 Å². The number of phenols is 1. The fraction of sp³-hybridized carbons (Fsp3) is 0.600. The summed E-state index contributed by atoms with van der Waals surface area (Å²) in [6, 6.07) is 9.36. The molecule has 6 rings (SSSR count). The summed E-state index contributed by atoms with van der Waals surface area (Å²) in [7, 11) is -1.24. The van der Waals surface area contributed by atoms with E-state index in [9.17, 15) is 9.90 Å². The van der Waals surface area contributed by atoms with Gasteiger partial charge in [0.05, 0.1) is 22.8 Å². The third-order valence-corrected chi connectivity index (χ3v) is 12.4. The number of phenolic OH excluding ortho intramolecular Hbond substituents is 1. The minimum atomic E-state index is -1.24. The summed E-state index contributed by atoms with van der Waals surface area (Å²) < 4.78 is 14.3. The van der Waals surface area contributed by atoms with Crippen LogP contribution in [0.15, 0.2) is 30.5 Å². The van der Waals surface area contributed by atoms with Gasteiger partial charge >= 0.3 is 6.09 Å². The highest BCUT2D eigenvalue weighted by Crippen LogP contribution is 2.53. The van der Waals surface area contributed by atoms with Crippen LogP contribution in [0.3, 0.4) is 0 Å². The number of nitrogens with zero attached hydrogens (tertiary/aromatic N) is 3. The number of rotatable bonds is 8. The highest BCUT2D eigenvalue weighted by molar-refractivity contribution is 7.18. The number of benzene rings is 1. The second-order valence-corrected chi connectivity index (χ2v) is 22.1. The topological polar surface area (TPSA) is 76.8 Å². The number of carbonyl (C=O) groups is 1. The molecular weight excluding hydrogens is 587 g/mol. The molecule has 1 aliphatic heterocycles. The van der Waals surface area contributed by atoms with E-state index in [0.29, 0.717) is 31.0 Å². The smallest absolute Gasteiger partial charge is 0.410 e. The van der Waals surface area contributed by atoms with Crippen LogP contribution in [0.1, 0.15) is 82.3 Å². The summed E-state index contributed by atoms with van der Waals surface area (Å²) in [6.07, 6.45) is 10.6. The summed E-state index contributed by atoms with van der Waals surface area (Å²) in [5.74, 6) is 1.31. The van der Waals surface area contributed by atoms with E-state index in [0.717, 1.165) is 53.7 Å². The van der Waals surface area contributed by atoms with Crippen molar-refractivity contribution in [3.63, 3.8) is 0 Å². The molecular formula is C35H49N3O4SSi. The quantitative estimate of drug-likeness (QED) is 0.197. The first-order valence-corrected chi connectivity index (χ1v) is 20.9. The van der Waals surface area contributed by atoms with Crippen LogP contribution in [0, 0.1) is 5.41 Å². The zero-order valence-electron chi connectivity index (χ0n) is 27.4. The van der Waals surface area contributed by atoms with Gasteiger partial charge in [0.15, 0.2) is 0 Å². The van der Waals surface area contributed by atoms with Crippen molar-refractivity contribution in [2.75, 3.05) is 13.2 Å². The Morgan fingerprint density at radius 3 is 2.52 bits per heavy atom. The van der Waals surface area contributed by atoms with Crippen molar-refractivity contribution in [2.24, 2.45) is 5.41 Å². The number of imidazole rings is 1. The molecule has 44 heavy (non-hydrogen) atoms. The number of aromatic nitrogens is 2. The summed E-state index contributed by atoms with van der Waals surface area (Å²) in [6.45, 7) is 14.6. The van der Waals surface area contributed by atoms with Gasteiger partial charge in [0, 0.05) is 26.1 Å². The van der Waals surface area contributed by atoms with Crippen LogP contribution < -0.4 is 0 Å². The third-order valence-electron chi connectivity index (χ3n) is 9.58. The lowest BCUT2D eigenvalue weighted by Gasteiger charge is -2.29. The first kappa shape index (κ1) is 31.4. The van der Waals surface area contributed by atoms with Crippen molar-refractivity contribution < 1.29 is 19.4 Å². The standard InChI is InChI=1S/C35H49N3O4SSi/c1-34(2,3)42-33(40)37-17-9-10-27(37)32-36-22-28(38(32)23-41-18-19-44(4,5)6)31-14-13-30(43-31)24-11-12-29(39)26-21-35(20-25(24)26)15-7-8-16-35/h11-14,22,27,39H,7-10,15-21,23H2,1-6H3/t27-/m0/s1. The molecule has 1 N–H and O–H groups in total. The molecule has 0 bridgehead atoms. The molecule has 3 aliphatic rings. The van der Waals surface area contributed by atoms with Gasteiger partial charge in [0.25, 0.3) is 0 Å². The molecule has 1 atom stereocenters. The van der Waals surface area contributed by atoms with Crippen molar-refractivity contribution in [3.8, 4) is 26.8 Å². The Labute approximate surface area is 267 Å². The Morgan fingerprint density at radius 1 is 1.07 bits per heavy atom. The van der Waals surface area contributed by atoms with E-state index in [1.807, 2.05) is 37.9 Å². The fourth-order valence-electron chi connectivity index (χ4n) is 7.32. The van der Waals surface area contributed by atoms with E-state index in [2.05, 4.69) is 42.4 Å². The van der Waals surface area contributed by atoms with Crippen molar-refractivity contribution >= 4 is 25.5 Å². The lowest BCUT2D eigenvalue weighted by atomic mass is 9.83. The highest BCUT2D eigenvalue weighted by atomic mass is 32.1. The Balaban J connectivity index is 1.31. The number of ether oxygens (including phenoxy) is 2. The Hall–Kier alpha value is -2.62. The molecule has 0 radical (unpaired) electrons. The molecule has 7 nitrogen and oxygen atoms in total. The number of hydrogen-bond acceptors (Lipinski definition) is 6. The van der Waals surface area contributed by atoms with Crippen molar-refractivity contribution in [1.82, 2.24) is 14.5 Å². The Bertz CT molecular complexity index is 1510. The lowest BCUT2D eigenvalue weighted by molar-refractivity contribution is 0.0204. The molecule has 1 saturated carbocycles. The largest absolute Gasteiger partial charge is 0.508 e. The molecule has 1 aromatic carbocycles. The van der Waals surface area contributed by atoms with Crippen molar-refractivity contribution in [2.45, 2.75) is 116 Å². The molecule has 1 saturated heterocycles. The molecule has 238 valence electrons. The first-order valence-electron chi connectivity index (χ1n) is 16.4. The maximum absolute atomic E-state index is 13.2. The molecule has 3 aromatic rings. The molecule has 2 fully saturated rings. The van der Waals surface area contributed by atoms with Gasteiger partial charge in [-0.25, -0.2) is 9.78 Å². The number of hydrogen-bond donors (Lipinski definition) is 1. The summed E-state index contributed by atoms with van der Waals surface area (Å²) in [4.78, 5) is 22.3. The highest BCUT2D eigenvalue weighted by Gasteiger charge is 2.42. The predicted octanol–water partition coefficient (Wildman–Crippen LogP) is 9.03. The second kappa shape index (κ2) is 12.0. The number of amides is 1. The average molecular weight is 636 g/mol.